The number of carboxylic acid groups (broad SMARTS) is 1. The van der Waals surface area contributed by atoms with Gasteiger partial charge in [0.05, 0.1) is 5.41 Å². The first-order chi connectivity index (χ1) is 9.46. The van der Waals surface area contributed by atoms with Gasteiger partial charge in [0.25, 0.3) is 0 Å². The number of hydrogen-bond donors (Lipinski definition) is 2. The topological polar surface area (TPSA) is 69.6 Å². The molecular weight excluding hydrogens is 256 g/mol. The Hall–Kier alpha value is -1.26. The zero-order chi connectivity index (χ0) is 14.8. The summed E-state index contributed by atoms with van der Waals surface area (Å²) < 4.78 is 0. The number of carboxylic acids is 1. The summed E-state index contributed by atoms with van der Waals surface area (Å²) in [6.07, 6.45) is 6.30. The summed E-state index contributed by atoms with van der Waals surface area (Å²) in [5.41, 5.74) is -0.784. The van der Waals surface area contributed by atoms with Crippen molar-refractivity contribution in [2.75, 3.05) is 13.1 Å². The third kappa shape index (κ3) is 3.07. The van der Waals surface area contributed by atoms with E-state index in [1.807, 2.05) is 0 Å². The Bertz CT molecular complexity index is 385. The summed E-state index contributed by atoms with van der Waals surface area (Å²) in [4.78, 5) is 25.2. The molecule has 2 amide bonds. The molecule has 0 radical (unpaired) electrons. The molecule has 5 nitrogen and oxygen atoms in total. The van der Waals surface area contributed by atoms with Gasteiger partial charge in [-0.1, -0.05) is 26.2 Å². The van der Waals surface area contributed by atoms with Gasteiger partial charge in [-0.25, -0.2) is 4.79 Å². The van der Waals surface area contributed by atoms with Gasteiger partial charge >= 0.3 is 12.0 Å². The zero-order valence-corrected chi connectivity index (χ0v) is 12.5. The van der Waals surface area contributed by atoms with Crippen LogP contribution in [0.3, 0.4) is 0 Å². The van der Waals surface area contributed by atoms with Gasteiger partial charge in [0.2, 0.25) is 0 Å². The molecule has 5 heteroatoms. The number of aliphatic carboxylic acids is 1. The molecule has 1 saturated carbocycles. The summed E-state index contributed by atoms with van der Waals surface area (Å²) in [7, 11) is 0. The van der Waals surface area contributed by atoms with Crippen molar-refractivity contribution in [2.45, 2.75) is 58.4 Å². The van der Waals surface area contributed by atoms with Gasteiger partial charge in [-0.3, -0.25) is 4.79 Å². The lowest BCUT2D eigenvalue weighted by atomic mass is 9.83. The minimum atomic E-state index is -0.808. The highest BCUT2D eigenvalue weighted by atomic mass is 16.4. The summed E-state index contributed by atoms with van der Waals surface area (Å²) in [5.74, 6) is -0.238. The van der Waals surface area contributed by atoms with Gasteiger partial charge in [-0.15, -0.1) is 0 Å². The van der Waals surface area contributed by atoms with Crippen molar-refractivity contribution in [3.05, 3.63) is 0 Å². The number of nitrogens with one attached hydrogen (secondary N) is 1. The van der Waals surface area contributed by atoms with Crippen molar-refractivity contribution in [2.24, 2.45) is 11.3 Å². The van der Waals surface area contributed by atoms with Gasteiger partial charge < -0.3 is 15.3 Å². The van der Waals surface area contributed by atoms with Crippen LogP contribution in [0.15, 0.2) is 0 Å². The molecule has 0 bridgehead atoms. The van der Waals surface area contributed by atoms with Crippen molar-refractivity contribution in [3.8, 4) is 0 Å². The standard InChI is InChI=1S/C15H26N2O3/c1-3-11-6-4-5-7-12(11)16-14(20)17-9-8-15(2,10-17)13(18)19/h11-12H,3-10H2,1-2H3,(H,16,20)(H,18,19). The van der Waals surface area contributed by atoms with Crippen molar-refractivity contribution in [1.29, 1.82) is 0 Å². The number of rotatable bonds is 3. The molecule has 1 aliphatic carbocycles. The van der Waals surface area contributed by atoms with Gasteiger partial charge in [0.15, 0.2) is 0 Å². The molecule has 114 valence electrons. The van der Waals surface area contributed by atoms with E-state index in [0.717, 1.165) is 12.8 Å². The van der Waals surface area contributed by atoms with E-state index in [-0.39, 0.29) is 12.1 Å². The van der Waals surface area contributed by atoms with Crippen LogP contribution in [0.4, 0.5) is 4.79 Å². The van der Waals surface area contributed by atoms with E-state index in [4.69, 9.17) is 0 Å². The van der Waals surface area contributed by atoms with Crippen LogP contribution >= 0.6 is 0 Å². The second kappa shape index (κ2) is 6.02. The minimum absolute atomic E-state index is 0.0830. The minimum Gasteiger partial charge on any atom is -0.481 e. The Morgan fingerprint density at radius 3 is 2.65 bits per heavy atom. The number of carbonyl (C=O) groups excluding carboxylic acids is 1. The number of urea groups is 1. The van der Waals surface area contributed by atoms with Gasteiger partial charge in [-0.2, -0.15) is 0 Å². The lowest BCUT2D eigenvalue weighted by Gasteiger charge is -2.33. The number of hydrogen-bond acceptors (Lipinski definition) is 2. The maximum Gasteiger partial charge on any atom is 0.317 e. The molecule has 0 aromatic carbocycles. The summed E-state index contributed by atoms with van der Waals surface area (Å²) >= 11 is 0. The smallest absolute Gasteiger partial charge is 0.317 e. The van der Waals surface area contributed by atoms with Crippen LogP contribution < -0.4 is 5.32 Å². The van der Waals surface area contributed by atoms with Crippen LogP contribution in [0.1, 0.15) is 52.4 Å². The predicted octanol–water partition coefficient (Wildman–Crippen LogP) is 2.46. The predicted molar refractivity (Wildman–Crippen MR) is 76.5 cm³/mol. The average molecular weight is 282 g/mol. The Labute approximate surface area is 120 Å². The van der Waals surface area contributed by atoms with Crippen LogP contribution in [-0.2, 0) is 4.79 Å². The van der Waals surface area contributed by atoms with E-state index in [2.05, 4.69) is 12.2 Å². The fraction of sp³-hybridized carbons (Fsp3) is 0.867. The highest BCUT2D eigenvalue weighted by Gasteiger charge is 2.42. The van der Waals surface area contributed by atoms with Crippen molar-refractivity contribution in [3.63, 3.8) is 0 Å². The number of carbonyl (C=O) groups is 2. The molecule has 2 aliphatic rings. The molecule has 20 heavy (non-hydrogen) atoms. The highest BCUT2D eigenvalue weighted by Crippen LogP contribution is 2.31. The SMILES string of the molecule is CCC1CCCCC1NC(=O)N1CCC(C)(C(=O)O)C1. The lowest BCUT2D eigenvalue weighted by Crippen LogP contribution is -2.48. The molecule has 0 aromatic rings. The number of amides is 2. The third-order valence-corrected chi connectivity index (χ3v) is 5.02. The molecule has 3 atom stereocenters. The van der Waals surface area contributed by atoms with E-state index in [1.165, 1.54) is 19.3 Å². The molecule has 2 rings (SSSR count). The largest absolute Gasteiger partial charge is 0.481 e. The number of likely N-dealkylation sites (tertiary alicyclic amines) is 1. The molecule has 1 saturated heterocycles. The molecule has 1 aliphatic heterocycles. The summed E-state index contributed by atoms with van der Waals surface area (Å²) in [6.45, 7) is 4.75. The first-order valence-electron chi connectivity index (χ1n) is 7.75. The zero-order valence-electron chi connectivity index (χ0n) is 12.5. The average Bonchev–Trinajstić information content (AvgIpc) is 2.83. The molecule has 0 spiro atoms. The highest BCUT2D eigenvalue weighted by molar-refractivity contribution is 5.79. The van der Waals surface area contributed by atoms with E-state index < -0.39 is 11.4 Å². The molecule has 3 unspecified atom stereocenters. The Balaban J connectivity index is 1.91. The van der Waals surface area contributed by atoms with Gasteiger partial charge in [-0.05, 0) is 32.1 Å². The quantitative estimate of drug-likeness (QED) is 0.835. The Kier molecular flexibility index (Phi) is 4.55. The van der Waals surface area contributed by atoms with Gasteiger partial charge in [0, 0.05) is 19.1 Å². The molecule has 2 N–H and O–H groups in total. The maximum absolute atomic E-state index is 12.3. The van der Waals surface area contributed by atoms with E-state index in [1.54, 1.807) is 11.8 Å². The van der Waals surface area contributed by atoms with Crippen molar-refractivity contribution in [1.82, 2.24) is 10.2 Å². The lowest BCUT2D eigenvalue weighted by molar-refractivity contribution is -0.147. The van der Waals surface area contributed by atoms with E-state index >= 15 is 0 Å². The maximum atomic E-state index is 12.3. The molecule has 2 fully saturated rings. The Morgan fingerprint density at radius 2 is 2.05 bits per heavy atom. The Morgan fingerprint density at radius 1 is 1.35 bits per heavy atom. The van der Waals surface area contributed by atoms with Crippen LogP contribution in [0.25, 0.3) is 0 Å². The van der Waals surface area contributed by atoms with Crippen molar-refractivity contribution >= 4 is 12.0 Å². The fourth-order valence-electron chi connectivity index (χ4n) is 3.45. The fourth-order valence-corrected chi connectivity index (χ4v) is 3.45. The second-order valence-corrected chi connectivity index (χ2v) is 6.55. The number of nitrogens with zero attached hydrogens (tertiary/aromatic N) is 1. The van der Waals surface area contributed by atoms with Crippen LogP contribution in [0.2, 0.25) is 0 Å². The second-order valence-electron chi connectivity index (χ2n) is 6.55. The van der Waals surface area contributed by atoms with E-state index in [9.17, 15) is 14.7 Å². The van der Waals surface area contributed by atoms with Crippen molar-refractivity contribution < 1.29 is 14.7 Å². The van der Waals surface area contributed by atoms with E-state index in [0.29, 0.717) is 25.4 Å². The van der Waals surface area contributed by atoms with Crippen LogP contribution in [0, 0.1) is 11.3 Å². The summed E-state index contributed by atoms with van der Waals surface area (Å²) in [6, 6.07) is 0.179. The molecule has 0 aromatic heterocycles. The first kappa shape index (κ1) is 15.1. The molecule has 1 heterocycles. The first-order valence-corrected chi connectivity index (χ1v) is 7.75. The summed E-state index contributed by atoms with van der Waals surface area (Å²) in [5, 5.41) is 12.3. The monoisotopic (exact) mass is 282 g/mol. The molecular formula is C15H26N2O3. The third-order valence-electron chi connectivity index (χ3n) is 5.02. The van der Waals surface area contributed by atoms with Crippen LogP contribution in [0.5, 0.6) is 0 Å². The van der Waals surface area contributed by atoms with Crippen LogP contribution in [-0.4, -0.2) is 41.1 Å². The van der Waals surface area contributed by atoms with Gasteiger partial charge in [0.1, 0.15) is 0 Å². The normalized spacial score (nSPS) is 34.0.